The highest BCUT2D eigenvalue weighted by molar-refractivity contribution is 6.26. The van der Waals surface area contributed by atoms with Crippen molar-refractivity contribution in [2.75, 3.05) is 0 Å². The van der Waals surface area contributed by atoms with E-state index < -0.39 is 0 Å². The van der Waals surface area contributed by atoms with E-state index >= 15 is 0 Å². The lowest BCUT2D eigenvalue weighted by Crippen LogP contribution is -1.96. The molecule has 0 fully saturated rings. The topological polar surface area (TPSA) is 113 Å². The maximum Gasteiger partial charge on any atom is 0.161 e. The van der Waals surface area contributed by atoms with Gasteiger partial charge in [0.2, 0.25) is 0 Å². The number of para-hydroxylation sites is 4. The molecule has 0 aliphatic carbocycles. The van der Waals surface area contributed by atoms with E-state index in [9.17, 15) is 0 Å². The molecule has 0 amide bonds. The van der Waals surface area contributed by atoms with Crippen LogP contribution in [-0.4, -0.2) is 39.0 Å². The summed E-state index contributed by atoms with van der Waals surface area (Å²) in [4.78, 5) is 30.6. The van der Waals surface area contributed by atoms with E-state index in [0.29, 0.717) is 11.6 Å². The van der Waals surface area contributed by atoms with Gasteiger partial charge in [0.15, 0.2) is 22.8 Å². The highest BCUT2D eigenvalue weighted by atomic mass is 16.3. The van der Waals surface area contributed by atoms with Gasteiger partial charge in [0, 0.05) is 77.4 Å². The normalized spacial score (nSPS) is 11.6. The van der Waals surface area contributed by atoms with Crippen molar-refractivity contribution in [2.24, 2.45) is 0 Å². The van der Waals surface area contributed by atoms with Crippen LogP contribution in [0.25, 0.3) is 212 Å². The lowest BCUT2D eigenvalue weighted by Gasteiger charge is -2.12. The predicted octanol–water partition coefficient (Wildman–Crippen LogP) is 26.4. The van der Waals surface area contributed by atoms with E-state index in [1.54, 1.807) is 0 Å². The van der Waals surface area contributed by atoms with Gasteiger partial charge in [-0.05, 0) is 113 Å². The van der Waals surface area contributed by atoms with Crippen LogP contribution in [0, 0.1) is 0 Å². The molecular weight excluding hydrogens is 1370 g/mol. The van der Waals surface area contributed by atoms with Crippen LogP contribution in [-0.2, 0) is 0 Å². The Kier molecular flexibility index (Phi) is 16.0. The van der Waals surface area contributed by atoms with Gasteiger partial charge < -0.3 is 18.0 Å². The predicted molar refractivity (Wildman–Crippen MR) is 457 cm³/mol. The van der Waals surface area contributed by atoms with Crippen LogP contribution < -0.4 is 0 Å². The molecule has 8 aromatic heterocycles. The van der Waals surface area contributed by atoms with Gasteiger partial charge in [-0.15, -0.1) is 0 Å². The van der Waals surface area contributed by atoms with Crippen molar-refractivity contribution in [1.29, 1.82) is 0 Å². The summed E-state index contributed by atoms with van der Waals surface area (Å²) in [6, 6.07) is 134. The van der Waals surface area contributed by atoms with E-state index in [0.717, 1.165) is 200 Å². The summed E-state index contributed by atoms with van der Waals surface area (Å²) >= 11 is 0. The van der Waals surface area contributed by atoms with Crippen LogP contribution in [0.4, 0.5) is 0 Å². The average Bonchev–Trinajstić information content (AvgIpc) is 1.55. The highest BCUT2D eigenvalue weighted by Crippen LogP contribution is 2.48. The van der Waals surface area contributed by atoms with Crippen molar-refractivity contribution in [3.8, 4) is 124 Å². The second kappa shape index (κ2) is 27.5. The van der Waals surface area contributed by atoms with Gasteiger partial charge in [0.1, 0.15) is 22.2 Å². The molecule has 14 aromatic carbocycles. The number of rotatable bonds is 12. The molecule has 0 radical (unpaired) electrons. The third-order valence-corrected chi connectivity index (χ3v) is 21.2. The zero-order valence-electron chi connectivity index (χ0n) is 60.3. The van der Waals surface area contributed by atoms with Crippen molar-refractivity contribution >= 4 is 87.7 Å². The molecule has 22 aromatic rings. The standard InChI is InChI=1S/2C51H32N4O/c1-4-15-34(16-5-1)43-32-44(54-51(53-43)37-19-8-3-9-20-37)35-29-27-33(28-30-35)38-21-14-22-39(31-38)55-45-26-13-11-24-41(45)50-48(55)46-47(36-17-6-2-7-18-36)52-42-25-12-10-23-40(42)49(46)56-50;1-4-15-34(16-5-1)43-32-44(54-51(53-43)36-19-8-3-9-20-36)38-22-14-21-37(31-38)33-27-29-39(30-28-33)55-45-26-13-11-24-41(45)50-48(55)46-47(35-17-6-2-7-18-35)52-42-25-12-10-23-40(42)49(46)56-50/h2*1-32H. The monoisotopic (exact) mass is 1430 g/mol. The molecule has 10 nitrogen and oxygen atoms in total. The summed E-state index contributed by atoms with van der Waals surface area (Å²) in [5.74, 6) is 1.40. The summed E-state index contributed by atoms with van der Waals surface area (Å²) in [5.41, 5.74) is 29.5. The molecule has 0 atom stereocenters. The van der Waals surface area contributed by atoms with E-state index in [2.05, 4.69) is 294 Å². The molecular formula is C102H64N8O2. The Morgan fingerprint density at radius 1 is 0.196 bits per heavy atom. The molecule has 112 heavy (non-hydrogen) atoms. The second-order valence-corrected chi connectivity index (χ2v) is 28.0. The fourth-order valence-electron chi connectivity index (χ4n) is 15.9. The zero-order chi connectivity index (χ0) is 74.0. The molecule has 0 saturated heterocycles. The SMILES string of the molecule is c1ccc(-c2cc(-c3ccc(-c4cccc(-n5c6ccccc6c6oc7c8ccccc8nc(-c8ccccc8)c7c65)c4)cc3)nc(-c3ccccc3)n2)cc1.c1ccc(-c2cc(-c3cccc(-c4ccc(-n5c6ccccc6c6oc7c8ccccc8nc(-c8ccccc8)c7c65)cc4)c3)nc(-c3ccccc3)n2)cc1. The Bertz CT molecular complexity index is 7210. The number of hydrogen-bond acceptors (Lipinski definition) is 8. The Morgan fingerprint density at radius 3 is 0.973 bits per heavy atom. The minimum atomic E-state index is 0.701. The molecule has 0 unspecified atom stereocenters. The Balaban J connectivity index is 0.000000141. The summed E-state index contributed by atoms with van der Waals surface area (Å²) < 4.78 is 18.5. The van der Waals surface area contributed by atoms with Crippen molar-refractivity contribution in [1.82, 2.24) is 39.0 Å². The Hall–Kier alpha value is -15.3. The molecule has 524 valence electrons. The summed E-state index contributed by atoms with van der Waals surface area (Å²) in [6.07, 6.45) is 0. The first kappa shape index (κ1) is 65.1. The van der Waals surface area contributed by atoms with Gasteiger partial charge in [-0.2, -0.15) is 0 Å². The first-order valence-corrected chi connectivity index (χ1v) is 37.6. The Morgan fingerprint density at radius 2 is 0.518 bits per heavy atom. The first-order chi connectivity index (χ1) is 55.5. The molecule has 0 saturated carbocycles. The maximum atomic E-state index is 6.92. The van der Waals surface area contributed by atoms with E-state index in [1.807, 2.05) is 103 Å². The van der Waals surface area contributed by atoms with Crippen LogP contribution in [0.5, 0.6) is 0 Å². The summed E-state index contributed by atoms with van der Waals surface area (Å²) in [7, 11) is 0. The molecule has 0 bridgehead atoms. The third-order valence-electron chi connectivity index (χ3n) is 21.2. The smallest absolute Gasteiger partial charge is 0.161 e. The number of hydrogen-bond donors (Lipinski definition) is 0. The van der Waals surface area contributed by atoms with Crippen LogP contribution >= 0.6 is 0 Å². The van der Waals surface area contributed by atoms with E-state index in [-0.39, 0.29) is 0 Å². The molecule has 0 N–H and O–H groups in total. The largest absolute Gasteiger partial charge is 0.453 e. The Labute approximate surface area is 643 Å². The maximum absolute atomic E-state index is 6.92. The number of benzene rings is 14. The van der Waals surface area contributed by atoms with Gasteiger partial charge in [-0.25, -0.2) is 29.9 Å². The van der Waals surface area contributed by atoms with Crippen molar-refractivity contribution in [3.05, 3.63) is 388 Å². The van der Waals surface area contributed by atoms with Crippen LogP contribution in [0.3, 0.4) is 0 Å². The van der Waals surface area contributed by atoms with E-state index in [4.69, 9.17) is 38.7 Å². The molecule has 0 spiro atoms. The van der Waals surface area contributed by atoms with Crippen molar-refractivity contribution in [2.45, 2.75) is 0 Å². The lowest BCUT2D eigenvalue weighted by molar-refractivity contribution is 0.676. The van der Waals surface area contributed by atoms with Gasteiger partial charge in [-0.3, -0.25) is 0 Å². The molecule has 0 aliphatic heterocycles. The van der Waals surface area contributed by atoms with E-state index in [1.165, 1.54) is 0 Å². The summed E-state index contributed by atoms with van der Waals surface area (Å²) in [5, 5.41) is 6.13. The number of pyridine rings is 2. The minimum Gasteiger partial charge on any atom is -0.453 e. The van der Waals surface area contributed by atoms with Crippen LogP contribution in [0.1, 0.15) is 0 Å². The van der Waals surface area contributed by atoms with Gasteiger partial charge >= 0.3 is 0 Å². The fourth-order valence-corrected chi connectivity index (χ4v) is 15.9. The number of nitrogens with zero attached hydrogens (tertiary/aromatic N) is 8. The highest BCUT2D eigenvalue weighted by Gasteiger charge is 2.28. The number of aromatic nitrogens is 8. The number of fused-ring (bicyclic) bond motifs is 14. The summed E-state index contributed by atoms with van der Waals surface area (Å²) in [6.45, 7) is 0. The molecule has 10 heteroatoms. The van der Waals surface area contributed by atoms with Crippen molar-refractivity contribution in [3.63, 3.8) is 0 Å². The van der Waals surface area contributed by atoms with Gasteiger partial charge in [-0.1, -0.05) is 297 Å². The second-order valence-electron chi connectivity index (χ2n) is 28.0. The van der Waals surface area contributed by atoms with Crippen LogP contribution in [0.2, 0.25) is 0 Å². The number of furan rings is 2. The van der Waals surface area contributed by atoms with Crippen LogP contribution in [0.15, 0.2) is 397 Å². The minimum absolute atomic E-state index is 0.701. The molecule has 8 heterocycles. The quantitative estimate of drug-likeness (QED) is 0.119. The van der Waals surface area contributed by atoms with Gasteiger partial charge in [0.05, 0.1) is 67.0 Å². The fraction of sp³-hybridized carbons (Fsp3) is 0. The lowest BCUT2D eigenvalue weighted by atomic mass is 10.00. The molecule has 0 aliphatic rings. The average molecular weight is 1430 g/mol. The molecule has 22 rings (SSSR count). The van der Waals surface area contributed by atoms with Gasteiger partial charge in [0.25, 0.3) is 0 Å². The first-order valence-electron chi connectivity index (χ1n) is 37.6. The van der Waals surface area contributed by atoms with Crippen molar-refractivity contribution < 1.29 is 8.83 Å². The third kappa shape index (κ3) is 11.5. The zero-order valence-corrected chi connectivity index (χ0v) is 60.3.